The van der Waals surface area contributed by atoms with Gasteiger partial charge in [-0.2, -0.15) is 0 Å². The number of rotatable bonds is 8. The van der Waals surface area contributed by atoms with Crippen LogP contribution in [-0.2, 0) is 10.8 Å². The van der Waals surface area contributed by atoms with Crippen LogP contribution in [0, 0.1) is 6.92 Å². The molecule has 3 heteroatoms. The minimum absolute atomic E-state index is 0.396. The first-order chi connectivity index (χ1) is 12.8. The Hall–Kier alpha value is -2.45. The van der Waals surface area contributed by atoms with Gasteiger partial charge in [0.2, 0.25) is 0 Å². The first-order valence-corrected chi connectivity index (χ1v) is 9.37. The molecule has 2 rings (SSSR count). The molecule has 0 bridgehead atoms. The van der Waals surface area contributed by atoms with Gasteiger partial charge in [0.05, 0.1) is 11.2 Å². The lowest BCUT2D eigenvalue weighted by atomic mass is 9.98. The molecule has 0 amide bonds. The topological polar surface area (TPSA) is 14.2 Å². The number of fused-ring (bicyclic) bond motifs is 1. The summed E-state index contributed by atoms with van der Waals surface area (Å²) in [6.45, 7) is 20.9. The highest BCUT2D eigenvalue weighted by Crippen LogP contribution is 2.33. The SMILES string of the molecule is C=C/C=C(C=C)\C=C(/C)Cn1c(C(=C)OCl)cc2cc(C)cc(C(C)C)c21. The number of allylic oxidation sites excluding steroid dienone is 6. The molecule has 0 N–H and O–H groups in total. The summed E-state index contributed by atoms with van der Waals surface area (Å²) in [5.74, 6) is 0.839. The summed E-state index contributed by atoms with van der Waals surface area (Å²) in [6.07, 6.45) is 7.64. The number of nitrogens with zero attached hydrogens (tertiary/aromatic N) is 1. The first kappa shape index (κ1) is 20.9. The van der Waals surface area contributed by atoms with Crippen LogP contribution >= 0.6 is 11.9 Å². The van der Waals surface area contributed by atoms with Crippen LogP contribution < -0.4 is 0 Å². The summed E-state index contributed by atoms with van der Waals surface area (Å²) >= 11 is 5.64. The van der Waals surface area contributed by atoms with E-state index in [9.17, 15) is 0 Å². The van der Waals surface area contributed by atoms with Crippen LogP contribution in [0.15, 0.2) is 73.4 Å². The predicted molar refractivity (Wildman–Crippen MR) is 119 cm³/mol. The van der Waals surface area contributed by atoms with Crippen LogP contribution in [0.5, 0.6) is 0 Å². The summed E-state index contributed by atoms with van der Waals surface area (Å²) in [6, 6.07) is 6.54. The Balaban J connectivity index is 2.70. The largest absolute Gasteiger partial charge is 0.384 e. The maximum atomic E-state index is 5.64. The molecule has 0 aliphatic heterocycles. The standard InChI is InChI=1S/C24H28ClNO/c1-8-10-20(9-2)11-18(6)15-26-23(19(7)27-25)14-21-12-17(5)13-22(16(3)4)24(21)26/h8-14,16H,1-2,7,15H2,3-6H3/b18-11+,20-10-. The fourth-order valence-electron chi connectivity index (χ4n) is 3.37. The van der Waals surface area contributed by atoms with E-state index in [1.165, 1.54) is 27.6 Å². The van der Waals surface area contributed by atoms with Crippen molar-refractivity contribution in [2.45, 2.75) is 40.2 Å². The lowest BCUT2D eigenvalue weighted by Crippen LogP contribution is -2.06. The van der Waals surface area contributed by atoms with E-state index in [1.54, 1.807) is 6.08 Å². The smallest absolute Gasteiger partial charge is 0.162 e. The van der Waals surface area contributed by atoms with E-state index >= 15 is 0 Å². The second-order valence-electron chi connectivity index (χ2n) is 7.16. The molecule has 142 valence electrons. The van der Waals surface area contributed by atoms with E-state index in [0.717, 1.165) is 11.3 Å². The van der Waals surface area contributed by atoms with Gasteiger partial charge in [-0.05, 0) is 43.0 Å². The van der Waals surface area contributed by atoms with E-state index in [1.807, 2.05) is 12.2 Å². The predicted octanol–water partition coefficient (Wildman–Crippen LogP) is 7.46. The molecule has 1 aromatic carbocycles. The highest BCUT2D eigenvalue weighted by Gasteiger charge is 2.18. The monoisotopic (exact) mass is 381 g/mol. The van der Waals surface area contributed by atoms with Crippen LogP contribution in [0.4, 0.5) is 0 Å². The molecular formula is C24H28ClNO. The summed E-state index contributed by atoms with van der Waals surface area (Å²) < 4.78 is 7.19. The summed E-state index contributed by atoms with van der Waals surface area (Å²) in [4.78, 5) is 0. The van der Waals surface area contributed by atoms with Gasteiger partial charge in [-0.25, -0.2) is 0 Å². The molecule has 0 radical (unpaired) electrons. The van der Waals surface area contributed by atoms with Crippen molar-refractivity contribution in [2.24, 2.45) is 0 Å². The molecule has 0 spiro atoms. The Labute approximate surface area is 168 Å². The second kappa shape index (κ2) is 8.96. The van der Waals surface area contributed by atoms with Gasteiger partial charge in [-0.1, -0.05) is 75.1 Å². The molecule has 0 fully saturated rings. The van der Waals surface area contributed by atoms with E-state index in [0.29, 0.717) is 18.2 Å². The maximum absolute atomic E-state index is 5.64. The van der Waals surface area contributed by atoms with Crippen LogP contribution in [-0.4, -0.2) is 4.57 Å². The average molecular weight is 382 g/mol. The fourth-order valence-corrected chi connectivity index (χ4v) is 3.45. The van der Waals surface area contributed by atoms with Crippen molar-refractivity contribution in [3.63, 3.8) is 0 Å². The zero-order chi connectivity index (χ0) is 20.1. The van der Waals surface area contributed by atoms with Gasteiger partial charge in [0.25, 0.3) is 0 Å². The van der Waals surface area contributed by atoms with Crippen molar-refractivity contribution >= 4 is 28.5 Å². The zero-order valence-corrected chi connectivity index (χ0v) is 17.4. The molecule has 1 aromatic heterocycles. The summed E-state index contributed by atoms with van der Waals surface area (Å²) in [5.41, 5.74) is 6.82. The highest BCUT2D eigenvalue weighted by molar-refractivity contribution is 6.10. The zero-order valence-electron chi connectivity index (χ0n) is 16.7. The van der Waals surface area contributed by atoms with Crippen molar-refractivity contribution in [3.8, 4) is 0 Å². The normalized spacial score (nSPS) is 12.5. The van der Waals surface area contributed by atoms with Gasteiger partial charge < -0.3 is 8.86 Å². The van der Waals surface area contributed by atoms with Crippen molar-refractivity contribution < 1.29 is 4.29 Å². The molecule has 0 saturated heterocycles. The minimum Gasteiger partial charge on any atom is -0.384 e. The molecule has 2 aromatic rings. The van der Waals surface area contributed by atoms with Crippen molar-refractivity contribution in [1.29, 1.82) is 0 Å². The Morgan fingerprint density at radius 2 is 1.96 bits per heavy atom. The number of hydrogen-bond acceptors (Lipinski definition) is 1. The number of hydrogen-bond donors (Lipinski definition) is 0. The molecule has 1 heterocycles. The minimum atomic E-state index is 0.396. The number of aryl methyl sites for hydroxylation is 1. The number of aromatic nitrogens is 1. The van der Waals surface area contributed by atoms with E-state index in [4.69, 9.17) is 16.2 Å². The van der Waals surface area contributed by atoms with E-state index in [2.05, 4.69) is 76.3 Å². The third kappa shape index (κ3) is 4.64. The third-order valence-electron chi connectivity index (χ3n) is 4.53. The van der Waals surface area contributed by atoms with Crippen LogP contribution in [0.2, 0.25) is 0 Å². The van der Waals surface area contributed by atoms with Crippen molar-refractivity contribution in [2.75, 3.05) is 0 Å². The van der Waals surface area contributed by atoms with Gasteiger partial charge in [0.15, 0.2) is 5.76 Å². The van der Waals surface area contributed by atoms with E-state index < -0.39 is 0 Å². The van der Waals surface area contributed by atoms with Gasteiger partial charge in [0.1, 0.15) is 11.9 Å². The van der Waals surface area contributed by atoms with Gasteiger partial charge in [0, 0.05) is 11.9 Å². The maximum Gasteiger partial charge on any atom is 0.162 e. The summed E-state index contributed by atoms with van der Waals surface area (Å²) in [7, 11) is 0. The Kier molecular flexibility index (Phi) is 6.92. The molecule has 27 heavy (non-hydrogen) atoms. The van der Waals surface area contributed by atoms with Gasteiger partial charge in [-0.15, -0.1) is 0 Å². The van der Waals surface area contributed by atoms with Crippen LogP contribution in [0.3, 0.4) is 0 Å². The number of benzene rings is 1. The quantitative estimate of drug-likeness (QED) is 0.342. The Bertz CT molecular complexity index is 941. The molecule has 0 aliphatic carbocycles. The van der Waals surface area contributed by atoms with E-state index in [-0.39, 0.29) is 0 Å². The molecule has 0 saturated carbocycles. The Morgan fingerprint density at radius 1 is 1.26 bits per heavy atom. The molecule has 0 unspecified atom stereocenters. The lowest BCUT2D eigenvalue weighted by Gasteiger charge is -2.16. The second-order valence-corrected chi connectivity index (χ2v) is 7.31. The third-order valence-corrected chi connectivity index (χ3v) is 4.72. The first-order valence-electron chi connectivity index (χ1n) is 9.06. The lowest BCUT2D eigenvalue weighted by molar-refractivity contribution is 0.566. The highest BCUT2D eigenvalue weighted by atomic mass is 35.5. The molecule has 0 atom stereocenters. The fraction of sp³-hybridized carbons (Fsp3) is 0.250. The average Bonchev–Trinajstić information content (AvgIpc) is 2.97. The molecular weight excluding hydrogens is 354 g/mol. The van der Waals surface area contributed by atoms with Crippen molar-refractivity contribution in [3.05, 3.63) is 90.2 Å². The summed E-state index contributed by atoms with van der Waals surface area (Å²) in [5, 5.41) is 1.17. The van der Waals surface area contributed by atoms with Gasteiger partial charge >= 0.3 is 0 Å². The van der Waals surface area contributed by atoms with Gasteiger partial charge in [-0.3, -0.25) is 0 Å². The van der Waals surface area contributed by atoms with Crippen LogP contribution in [0.25, 0.3) is 16.7 Å². The molecule has 0 aliphatic rings. The Morgan fingerprint density at radius 3 is 2.52 bits per heavy atom. The number of halogens is 1. The van der Waals surface area contributed by atoms with Crippen LogP contribution in [0.1, 0.15) is 43.5 Å². The molecule has 2 nitrogen and oxygen atoms in total. The van der Waals surface area contributed by atoms with Crippen molar-refractivity contribution in [1.82, 2.24) is 4.57 Å².